The second kappa shape index (κ2) is 11.2. The first-order valence-electron chi connectivity index (χ1n) is 11.6. The van der Waals surface area contributed by atoms with Crippen molar-refractivity contribution in [3.05, 3.63) is 102 Å². The van der Waals surface area contributed by atoms with Crippen LogP contribution < -0.4 is 19.5 Å². The Labute approximate surface area is 223 Å². The van der Waals surface area contributed by atoms with Crippen LogP contribution in [0.2, 0.25) is 0 Å². The average Bonchev–Trinajstić information content (AvgIpc) is 2.89. The monoisotopic (exact) mass is 552 g/mol. The predicted molar refractivity (Wildman–Crippen MR) is 148 cm³/mol. The molecule has 4 rings (SSSR count). The average molecular weight is 553 g/mol. The fourth-order valence-corrected chi connectivity index (χ4v) is 5.67. The van der Waals surface area contributed by atoms with Gasteiger partial charge in [0.2, 0.25) is 0 Å². The SMILES string of the molecule is COc1ccc(Oc2ccc(NS(=O)(=O)c3ccc(C)cc3)c(NCS(=O)(=O)c3ccc(C)cc3)c2)cc1. The Balaban J connectivity index is 1.64. The number of sulfone groups is 1. The maximum atomic E-state index is 13.1. The van der Waals surface area contributed by atoms with Crippen LogP contribution in [0.4, 0.5) is 11.4 Å². The van der Waals surface area contributed by atoms with E-state index < -0.39 is 25.7 Å². The van der Waals surface area contributed by atoms with Crippen molar-refractivity contribution < 1.29 is 26.3 Å². The number of aryl methyl sites for hydroxylation is 2. The van der Waals surface area contributed by atoms with Gasteiger partial charge in [-0.3, -0.25) is 4.72 Å². The van der Waals surface area contributed by atoms with Gasteiger partial charge in [0, 0.05) is 6.07 Å². The summed E-state index contributed by atoms with van der Waals surface area (Å²) in [5.41, 5.74) is 2.27. The zero-order chi connectivity index (χ0) is 27.3. The molecule has 0 aliphatic carbocycles. The lowest BCUT2D eigenvalue weighted by molar-refractivity contribution is 0.413. The van der Waals surface area contributed by atoms with Gasteiger partial charge in [-0.2, -0.15) is 0 Å². The molecule has 0 heterocycles. The summed E-state index contributed by atoms with van der Waals surface area (Å²) < 4.78 is 65.7. The summed E-state index contributed by atoms with van der Waals surface area (Å²) >= 11 is 0. The van der Waals surface area contributed by atoms with Crippen molar-refractivity contribution in [2.45, 2.75) is 23.6 Å². The number of nitrogens with one attached hydrogen (secondary N) is 2. The Kier molecular flexibility index (Phi) is 7.94. The normalized spacial score (nSPS) is 11.6. The Hall–Kier alpha value is -4.02. The summed E-state index contributed by atoms with van der Waals surface area (Å²) in [6.07, 6.45) is 0. The minimum Gasteiger partial charge on any atom is -0.497 e. The highest BCUT2D eigenvalue weighted by Gasteiger charge is 2.19. The Morgan fingerprint density at radius 1 is 0.632 bits per heavy atom. The van der Waals surface area contributed by atoms with Gasteiger partial charge in [-0.15, -0.1) is 0 Å². The van der Waals surface area contributed by atoms with Gasteiger partial charge < -0.3 is 14.8 Å². The van der Waals surface area contributed by atoms with Crippen molar-refractivity contribution >= 4 is 31.2 Å². The number of anilines is 2. The first kappa shape index (κ1) is 27.0. The van der Waals surface area contributed by atoms with Gasteiger partial charge in [0.1, 0.15) is 23.1 Å². The van der Waals surface area contributed by atoms with E-state index in [1.165, 1.54) is 30.3 Å². The van der Waals surface area contributed by atoms with Gasteiger partial charge >= 0.3 is 0 Å². The number of hydrogen-bond acceptors (Lipinski definition) is 7. The van der Waals surface area contributed by atoms with E-state index >= 15 is 0 Å². The molecule has 0 saturated heterocycles. The van der Waals surface area contributed by atoms with E-state index in [2.05, 4.69) is 10.0 Å². The highest BCUT2D eigenvalue weighted by Crippen LogP contribution is 2.32. The summed E-state index contributed by atoms with van der Waals surface area (Å²) in [7, 11) is -6.09. The van der Waals surface area contributed by atoms with E-state index in [1.807, 2.05) is 13.8 Å². The minimum atomic E-state index is -3.94. The number of ether oxygens (including phenoxy) is 2. The Morgan fingerprint density at radius 2 is 1.16 bits per heavy atom. The largest absolute Gasteiger partial charge is 0.497 e. The molecule has 38 heavy (non-hydrogen) atoms. The predicted octanol–water partition coefficient (Wildman–Crippen LogP) is 5.75. The maximum Gasteiger partial charge on any atom is 0.261 e. The number of methoxy groups -OCH3 is 1. The molecule has 0 amide bonds. The summed E-state index contributed by atoms with van der Waals surface area (Å²) in [5, 5.41) is 2.88. The third-order valence-electron chi connectivity index (χ3n) is 5.69. The molecule has 0 fully saturated rings. The van der Waals surface area contributed by atoms with E-state index in [0.29, 0.717) is 17.2 Å². The highest BCUT2D eigenvalue weighted by atomic mass is 32.2. The molecule has 0 radical (unpaired) electrons. The third kappa shape index (κ3) is 6.64. The lowest BCUT2D eigenvalue weighted by atomic mass is 10.2. The van der Waals surface area contributed by atoms with Crippen LogP contribution in [0.15, 0.2) is 101 Å². The van der Waals surface area contributed by atoms with Crippen LogP contribution in [-0.4, -0.2) is 29.8 Å². The molecule has 0 spiro atoms. The van der Waals surface area contributed by atoms with Crippen LogP contribution in [0.3, 0.4) is 0 Å². The number of rotatable bonds is 10. The summed E-state index contributed by atoms with van der Waals surface area (Å²) in [6, 6.07) is 24.5. The molecule has 0 atom stereocenters. The van der Waals surface area contributed by atoms with Gasteiger partial charge in [-0.25, -0.2) is 16.8 Å². The highest BCUT2D eigenvalue weighted by molar-refractivity contribution is 7.92. The molecule has 198 valence electrons. The quantitative estimate of drug-likeness (QED) is 0.258. The second-order valence-electron chi connectivity index (χ2n) is 8.65. The lowest BCUT2D eigenvalue weighted by Gasteiger charge is -2.16. The van der Waals surface area contributed by atoms with Crippen LogP contribution >= 0.6 is 0 Å². The van der Waals surface area contributed by atoms with E-state index in [1.54, 1.807) is 67.8 Å². The lowest BCUT2D eigenvalue weighted by Crippen LogP contribution is -2.18. The summed E-state index contributed by atoms with van der Waals surface area (Å²) in [6.45, 7) is 3.73. The molecular formula is C28H28N2O6S2. The van der Waals surface area contributed by atoms with Crippen molar-refractivity contribution in [3.8, 4) is 17.2 Å². The fraction of sp³-hybridized carbons (Fsp3) is 0.143. The zero-order valence-corrected chi connectivity index (χ0v) is 22.8. The molecule has 4 aromatic rings. The van der Waals surface area contributed by atoms with Crippen LogP contribution in [0.1, 0.15) is 11.1 Å². The van der Waals surface area contributed by atoms with Crippen molar-refractivity contribution in [3.63, 3.8) is 0 Å². The van der Waals surface area contributed by atoms with Crippen molar-refractivity contribution in [2.75, 3.05) is 23.0 Å². The van der Waals surface area contributed by atoms with Crippen molar-refractivity contribution in [2.24, 2.45) is 0 Å². The van der Waals surface area contributed by atoms with Crippen LogP contribution in [-0.2, 0) is 19.9 Å². The van der Waals surface area contributed by atoms with E-state index in [9.17, 15) is 16.8 Å². The van der Waals surface area contributed by atoms with Gasteiger partial charge in [0.15, 0.2) is 9.84 Å². The first-order chi connectivity index (χ1) is 18.1. The minimum absolute atomic E-state index is 0.0832. The van der Waals surface area contributed by atoms with Crippen LogP contribution in [0.25, 0.3) is 0 Å². The third-order valence-corrected chi connectivity index (χ3v) is 8.59. The zero-order valence-electron chi connectivity index (χ0n) is 21.1. The van der Waals surface area contributed by atoms with E-state index in [0.717, 1.165) is 11.1 Å². The van der Waals surface area contributed by atoms with Crippen LogP contribution in [0, 0.1) is 13.8 Å². The first-order valence-corrected chi connectivity index (χ1v) is 14.8. The molecule has 2 N–H and O–H groups in total. The topological polar surface area (TPSA) is 111 Å². The van der Waals surface area contributed by atoms with Gasteiger partial charge in [-0.05, 0) is 74.5 Å². The van der Waals surface area contributed by atoms with Gasteiger partial charge in [-0.1, -0.05) is 35.4 Å². The summed E-state index contributed by atoms with van der Waals surface area (Å²) in [4.78, 5) is 0.239. The Bertz CT molecular complexity index is 1620. The number of benzene rings is 4. The molecule has 8 nitrogen and oxygen atoms in total. The molecule has 10 heteroatoms. The molecule has 0 aliphatic heterocycles. The Morgan fingerprint density at radius 3 is 1.74 bits per heavy atom. The number of hydrogen-bond donors (Lipinski definition) is 2. The van der Waals surface area contributed by atoms with Crippen molar-refractivity contribution in [1.29, 1.82) is 0 Å². The maximum absolute atomic E-state index is 13.1. The van der Waals surface area contributed by atoms with Crippen LogP contribution in [0.5, 0.6) is 17.2 Å². The number of sulfonamides is 1. The molecule has 0 unspecified atom stereocenters. The molecular weight excluding hydrogens is 524 g/mol. The van der Waals surface area contributed by atoms with E-state index in [-0.39, 0.29) is 21.2 Å². The van der Waals surface area contributed by atoms with Crippen molar-refractivity contribution in [1.82, 2.24) is 0 Å². The summed E-state index contributed by atoms with van der Waals surface area (Å²) in [5.74, 6) is 1.11. The molecule has 4 aromatic carbocycles. The van der Waals surface area contributed by atoms with E-state index in [4.69, 9.17) is 9.47 Å². The smallest absolute Gasteiger partial charge is 0.261 e. The molecule has 0 aromatic heterocycles. The molecule has 0 bridgehead atoms. The fourth-order valence-electron chi connectivity index (χ4n) is 3.52. The second-order valence-corrected chi connectivity index (χ2v) is 12.3. The molecule has 0 saturated carbocycles. The van der Waals surface area contributed by atoms with Gasteiger partial charge in [0.05, 0.1) is 28.3 Å². The van der Waals surface area contributed by atoms with Gasteiger partial charge in [0.25, 0.3) is 10.0 Å². The molecule has 0 aliphatic rings. The standard InChI is InChI=1S/C28H28N2O6S2/c1-20-4-13-25(14-5-20)37(31,32)19-29-28-18-24(36-23-10-8-22(35-3)9-11-23)12-17-27(28)30-38(33,34)26-15-6-21(2)7-16-26/h4-18,29-30H,19H2,1-3H3.